The molecule has 0 aromatic carbocycles. The van der Waals surface area contributed by atoms with E-state index in [1.54, 1.807) is 4.57 Å². The van der Waals surface area contributed by atoms with Crippen LogP contribution < -0.4 is 17.0 Å². The Morgan fingerprint density at radius 2 is 1.82 bits per heavy atom. The number of fused-ring (bicyclic) bond motifs is 1. The van der Waals surface area contributed by atoms with E-state index in [0.717, 1.165) is 10.4 Å². The molecule has 122 valence electrons. The summed E-state index contributed by atoms with van der Waals surface area (Å²) in [6.07, 6.45) is 0. The second-order valence-corrected chi connectivity index (χ2v) is 6.91. The predicted molar refractivity (Wildman–Crippen MR) is 87.4 cm³/mol. The second kappa shape index (κ2) is 5.39. The van der Waals surface area contributed by atoms with Crippen LogP contribution >= 0.6 is 0 Å². The van der Waals surface area contributed by atoms with E-state index in [1.165, 1.54) is 7.05 Å². The van der Waals surface area contributed by atoms with E-state index < -0.39 is 0 Å². The molecule has 0 bridgehead atoms. The van der Waals surface area contributed by atoms with Crippen molar-refractivity contribution in [2.45, 2.75) is 52.6 Å². The molecule has 0 saturated carbocycles. The maximum Gasteiger partial charge on any atom is 0.332 e. The molecule has 7 nitrogen and oxygen atoms in total. The first-order valence-corrected chi connectivity index (χ1v) is 7.53. The van der Waals surface area contributed by atoms with Gasteiger partial charge in [-0.3, -0.25) is 13.9 Å². The number of imidazole rings is 1. The van der Waals surface area contributed by atoms with E-state index in [0.29, 0.717) is 24.3 Å². The van der Waals surface area contributed by atoms with Crippen LogP contribution in [0.4, 0.5) is 0 Å². The largest absolute Gasteiger partial charge is 0.332 e. The highest BCUT2D eigenvalue weighted by atomic mass is 16.2. The van der Waals surface area contributed by atoms with Crippen molar-refractivity contribution in [3.05, 3.63) is 26.7 Å². The number of hydrogen-bond acceptors (Lipinski definition) is 4. The van der Waals surface area contributed by atoms with Crippen molar-refractivity contribution in [1.29, 1.82) is 0 Å². The summed E-state index contributed by atoms with van der Waals surface area (Å²) in [6.45, 7) is 10.8. The number of nitrogens with two attached hydrogens (primary N) is 1. The van der Waals surface area contributed by atoms with Gasteiger partial charge in [0.1, 0.15) is 5.82 Å². The summed E-state index contributed by atoms with van der Waals surface area (Å²) in [7, 11) is 1.50. The molecule has 0 fully saturated rings. The van der Waals surface area contributed by atoms with Crippen LogP contribution in [0.2, 0.25) is 0 Å². The van der Waals surface area contributed by atoms with Crippen LogP contribution in [0, 0.1) is 0 Å². The van der Waals surface area contributed by atoms with Gasteiger partial charge in [0, 0.05) is 31.6 Å². The fraction of sp³-hybridized carbons (Fsp3) is 0.667. The first-order valence-electron chi connectivity index (χ1n) is 7.53. The van der Waals surface area contributed by atoms with Crippen molar-refractivity contribution in [2.24, 2.45) is 12.8 Å². The molecule has 0 aliphatic rings. The van der Waals surface area contributed by atoms with E-state index >= 15 is 0 Å². The molecule has 2 heterocycles. The second-order valence-electron chi connectivity index (χ2n) is 6.91. The summed E-state index contributed by atoms with van der Waals surface area (Å²) in [5, 5.41) is 0. The zero-order valence-electron chi connectivity index (χ0n) is 14.2. The smallest absolute Gasteiger partial charge is 0.329 e. The van der Waals surface area contributed by atoms with Gasteiger partial charge < -0.3 is 10.3 Å². The Morgan fingerprint density at radius 3 is 2.27 bits per heavy atom. The quantitative estimate of drug-likeness (QED) is 0.905. The van der Waals surface area contributed by atoms with Gasteiger partial charge >= 0.3 is 5.69 Å². The molecule has 22 heavy (non-hydrogen) atoms. The Labute approximate surface area is 129 Å². The minimum Gasteiger partial charge on any atom is -0.329 e. The standard InChI is InChI=1S/C15H25N5O2/c1-9(2)20-11-10(12(21)18(6)14(20)22)19(8-7-16)13(17-11)15(3,4)5/h9H,7-8,16H2,1-6H3. The Balaban J connectivity index is 3.08. The Kier molecular flexibility index (Phi) is 4.04. The third-order valence-electron chi connectivity index (χ3n) is 3.72. The van der Waals surface area contributed by atoms with Gasteiger partial charge in [0.15, 0.2) is 11.2 Å². The van der Waals surface area contributed by atoms with Crippen LogP contribution in [0.3, 0.4) is 0 Å². The minimum atomic E-state index is -0.342. The molecule has 2 rings (SSSR count). The van der Waals surface area contributed by atoms with Crippen LogP contribution in [0.5, 0.6) is 0 Å². The molecule has 0 spiro atoms. The van der Waals surface area contributed by atoms with Gasteiger partial charge in [-0.15, -0.1) is 0 Å². The topological polar surface area (TPSA) is 87.8 Å². The third kappa shape index (κ3) is 2.39. The highest BCUT2D eigenvalue weighted by molar-refractivity contribution is 5.71. The monoisotopic (exact) mass is 307 g/mol. The van der Waals surface area contributed by atoms with Crippen LogP contribution in [0.1, 0.15) is 46.5 Å². The Morgan fingerprint density at radius 1 is 1.23 bits per heavy atom. The highest BCUT2D eigenvalue weighted by Gasteiger charge is 2.27. The lowest BCUT2D eigenvalue weighted by Gasteiger charge is -2.19. The lowest BCUT2D eigenvalue weighted by Crippen LogP contribution is -2.39. The van der Waals surface area contributed by atoms with Crippen LogP contribution in [-0.4, -0.2) is 25.2 Å². The molecule has 2 aromatic heterocycles. The van der Waals surface area contributed by atoms with E-state index in [4.69, 9.17) is 5.73 Å². The van der Waals surface area contributed by atoms with Crippen molar-refractivity contribution < 1.29 is 0 Å². The van der Waals surface area contributed by atoms with Gasteiger partial charge in [-0.2, -0.15) is 0 Å². The van der Waals surface area contributed by atoms with Crippen LogP contribution in [-0.2, 0) is 19.0 Å². The van der Waals surface area contributed by atoms with Gasteiger partial charge in [0.05, 0.1) is 0 Å². The van der Waals surface area contributed by atoms with Gasteiger partial charge in [0.25, 0.3) is 5.56 Å². The Hall–Kier alpha value is -1.89. The van der Waals surface area contributed by atoms with Crippen molar-refractivity contribution in [1.82, 2.24) is 18.7 Å². The van der Waals surface area contributed by atoms with Crippen molar-refractivity contribution >= 4 is 11.2 Å². The number of aromatic nitrogens is 4. The summed E-state index contributed by atoms with van der Waals surface area (Å²) in [4.78, 5) is 29.7. The first kappa shape index (κ1) is 16.5. The van der Waals surface area contributed by atoms with Gasteiger partial charge in [0.2, 0.25) is 0 Å². The summed E-state index contributed by atoms with van der Waals surface area (Å²) in [6, 6.07) is -0.0872. The van der Waals surface area contributed by atoms with Gasteiger partial charge in [-0.1, -0.05) is 20.8 Å². The van der Waals surface area contributed by atoms with Gasteiger partial charge in [-0.25, -0.2) is 9.78 Å². The molecule has 0 radical (unpaired) electrons. The van der Waals surface area contributed by atoms with Crippen molar-refractivity contribution in [3.63, 3.8) is 0 Å². The fourth-order valence-corrected chi connectivity index (χ4v) is 2.70. The molecular weight excluding hydrogens is 282 g/mol. The van der Waals surface area contributed by atoms with Crippen molar-refractivity contribution in [3.8, 4) is 0 Å². The molecular formula is C15H25N5O2. The number of rotatable bonds is 3. The summed E-state index contributed by atoms with van der Waals surface area (Å²) in [5.74, 6) is 0.769. The SMILES string of the molecule is CC(C)n1c(=O)n(C)c(=O)c2c1nc(C(C)(C)C)n2CCN. The van der Waals surface area contributed by atoms with E-state index in [-0.39, 0.29) is 22.7 Å². The molecule has 0 aliphatic heterocycles. The highest BCUT2D eigenvalue weighted by Crippen LogP contribution is 2.25. The zero-order valence-corrected chi connectivity index (χ0v) is 14.2. The summed E-state index contributed by atoms with van der Waals surface area (Å²) < 4.78 is 4.57. The summed E-state index contributed by atoms with van der Waals surface area (Å²) in [5.41, 5.74) is 5.69. The third-order valence-corrected chi connectivity index (χ3v) is 3.72. The fourth-order valence-electron chi connectivity index (χ4n) is 2.70. The Bertz CT molecular complexity index is 818. The molecule has 2 N–H and O–H groups in total. The molecule has 0 unspecified atom stereocenters. The average molecular weight is 307 g/mol. The lowest BCUT2D eigenvalue weighted by atomic mass is 9.95. The van der Waals surface area contributed by atoms with E-state index in [2.05, 4.69) is 4.98 Å². The lowest BCUT2D eigenvalue weighted by molar-refractivity contribution is 0.505. The molecule has 7 heteroatoms. The normalized spacial score (nSPS) is 12.5. The van der Waals surface area contributed by atoms with E-state index in [9.17, 15) is 9.59 Å². The minimum absolute atomic E-state index is 0.0872. The summed E-state index contributed by atoms with van der Waals surface area (Å²) >= 11 is 0. The molecule has 2 aromatic rings. The first-order chi connectivity index (χ1) is 10.1. The molecule has 0 amide bonds. The van der Waals surface area contributed by atoms with Crippen molar-refractivity contribution in [2.75, 3.05) is 6.54 Å². The maximum absolute atomic E-state index is 12.6. The average Bonchev–Trinajstić information content (AvgIpc) is 2.75. The van der Waals surface area contributed by atoms with Crippen LogP contribution in [0.25, 0.3) is 11.2 Å². The molecule has 0 aliphatic carbocycles. The van der Waals surface area contributed by atoms with Gasteiger partial charge in [-0.05, 0) is 13.8 Å². The maximum atomic E-state index is 12.6. The number of nitrogens with zero attached hydrogens (tertiary/aromatic N) is 4. The van der Waals surface area contributed by atoms with Crippen LogP contribution in [0.15, 0.2) is 9.59 Å². The molecule has 0 saturated heterocycles. The predicted octanol–water partition coefficient (Wildman–Crippen LogP) is 0.734. The van der Waals surface area contributed by atoms with E-state index in [1.807, 2.05) is 39.2 Å². The zero-order chi connectivity index (χ0) is 16.8. The number of hydrogen-bond donors (Lipinski definition) is 1. The molecule has 0 atom stereocenters.